The molecule has 0 spiro atoms. The van der Waals surface area contributed by atoms with Crippen molar-refractivity contribution in [2.45, 2.75) is 0 Å². The molecule has 4 heteroatoms. The average molecular weight is 1700 g/mol. The molecule has 0 amide bonds. The molecule has 0 aromatic heterocycles. The second-order valence-electron chi connectivity index (χ2n) is 34.9. The molecule has 23 aromatic carbocycles. The first kappa shape index (κ1) is 78.5. The third-order valence-electron chi connectivity index (χ3n) is 27.2. The van der Waals surface area contributed by atoms with Crippen LogP contribution >= 0.6 is 0 Å². The molecular formula is C130H86N4. The molecule has 2 heterocycles. The van der Waals surface area contributed by atoms with Crippen molar-refractivity contribution in [2.24, 2.45) is 0 Å². The first-order valence-electron chi connectivity index (χ1n) is 46.2. The Morgan fingerprint density at radius 2 is 0.336 bits per heavy atom. The average Bonchev–Trinajstić information content (AvgIpc) is 0.684. The van der Waals surface area contributed by atoms with Crippen LogP contribution in [-0.4, -0.2) is 0 Å². The summed E-state index contributed by atoms with van der Waals surface area (Å²) in [5.41, 5.74) is 38.6. The molecule has 0 unspecified atom stereocenters. The first-order chi connectivity index (χ1) is 66.5. The van der Waals surface area contributed by atoms with Gasteiger partial charge in [-0.2, -0.15) is 0 Å². The van der Waals surface area contributed by atoms with Crippen LogP contribution < -0.4 is 19.6 Å². The van der Waals surface area contributed by atoms with E-state index in [1.807, 2.05) is 0 Å². The molecule has 0 saturated heterocycles. The maximum absolute atomic E-state index is 2.70. The summed E-state index contributed by atoms with van der Waals surface area (Å²) in [6.07, 6.45) is 0. The molecule has 0 bridgehead atoms. The second-order valence-corrected chi connectivity index (χ2v) is 34.9. The quantitative estimate of drug-likeness (QED) is 0.0843. The summed E-state index contributed by atoms with van der Waals surface area (Å²) in [5, 5.41) is 9.38. The van der Waals surface area contributed by atoms with Gasteiger partial charge in [-0.05, 0) is 239 Å². The molecule has 23 aromatic rings. The Hall–Kier alpha value is -17.7. The molecule has 0 saturated carbocycles. The van der Waals surface area contributed by atoms with E-state index < -0.39 is 0 Å². The van der Waals surface area contributed by atoms with Crippen molar-refractivity contribution in [3.63, 3.8) is 0 Å². The van der Waals surface area contributed by atoms with Gasteiger partial charge in [0, 0.05) is 33.6 Å². The number of fused-ring (bicyclic) bond motifs is 8. The van der Waals surface area contributed by atoms with Gasteiger partial charge in [0.15, 0.2) is 0 Å². The Morgan fingerprint density at radius 1 is 0.119 bits per heavy atom. The van der Waals surface area contributed by atoms with Crippen LogP contribution in [0.3, 0.4) is 0 Å². The van der Waals surface area contributed by atoms with Gasteiger partial charge in [0.2, 0.25) is 0 Å². The van der Waals surface area contributed by atoms with E-state index in [9.17, 15) is 0 Å². The monoisotopic (exact) mass is 1700 g/mol. The Bertz CT molecular complexity index is 7670. The van der Waals surface area contributed by atoms with Crippen molar-refractivity contribution in [3.05, 3.63) is 522 Å². The summed E-state index contributed by atoms with van der Waals surface area (Å²) in [6, 6.07) is 195. The molecule has 4 nitrogen and oxygen atoms in total. The van der Waals surface area contributed by atoms with Gasteiger partial charge in [-0.25, -0.2) is 0 Å². The summed E-state index contributed by atoms with van der Waals surface area (Å²) in [6.45, 7) is 0. The van der Waals surface area contributed by atoms with Crippen LogP contribution in [0.25, 0.3) is 177 Å². The van der Waals surface area contributed by atoms with Crippen LogP contribution in [-0.2, 0) is 0 Å². The number of nitrogens with zero attached hydrogens (tertiary/aromatic N) is 4. The molecule has 626 valence electrons. The lowest BCUT2D eigenvalue weighted by Crippen LogP contribution is -2.31. The predicted molar refractivity (Wildman–Crippen MR) is 568 cm³/mol. The standard InChI is InChI=1S/C130H86N4/c1-9-39-87(40-10-1)93-51-33-55-97(79-93)106-71-37-72-107(98-56-34-52-94(80-98)88-41-11-2-12-42-88)128(106)133-120-83-101(126-114-67-29-25-63-110(114)124(91-47-17-5-18-48-91)111-64-26-30-68-115(111)126)75-77-118(120)132-119-78-76-102(127-116-69-31-27-65-112(116)125(92-49-19-6-20-50-92)113-66-28-32-70-117(113)127)84-121(119)134(123-86-105(85-122(133)130(123)132)131(103-59-21-7-22-60-103)104-61-23-8-24-62-104)129-108(99-57-35-53-95(81-99)89-43-13-3-14-44-89)73-38-74-109(129)100-58-36-54-96(82-100)90-45-15-4-16-46-90/h1-86H. The molecule has 2 aliphatic heterocycles. The van der Waals surface area contributed by atoms with Gasteiger partial charge in [0.1, 0.15) is 0 Å². The highest BCUT2D eigenvalue weighted by atomic mass is 15.3. The van der Waals surface area contributed by atoms with Crippen LogP contribution in [0.4, 0.5) is 68.2 Å². The highest BCUT2D eigenvalue weighted by Gasteiger charge is 2.44. The fourth-order valence-corrected chi connectivity index (χ4v) is 21.3. The molecule has 25 rings (SSSR count). The van der Waals surface area contributed by atoms with Crippen molar-refractivity contribution >= 4 is 111 Å². The van der Waals surface area contributed by atoms with Crippen molar-refractivity contribution in [1.82, 2.24) is 0 Å². The van der Waals surface area contributed by atoms with Gasteiger partial charge in [0.05, 0.1) is 56.9 Å². The summed E-state index contributed by atoms with van der Waals surface area (Å²) >= 11 is 0. The van der Waals surface area contributed by atoms with Crippen LogP contribution in [0.5, 0.6) is 0 Å². The lowest BCUT2D eigenvalue weighted by atomic mass is 9.84. The van der Waals surface area contributed by atoms with E-state index in [0.29, 0.717) is 0 Å². The van der Waals surface area contributed by atoms with E-state index in [1.165, 1.54) is 43.8 Å². The zero-order chi connectivity index (χ0) is 88.5. The van der Waals surface area contributed by atoms with Crippen molar-refractivity contribution in [1.29, 1.82) is 0 Å². The van der Waals surface area contributed by atoms with E-state index in [1.54, 1.807) is 0 Å². The van der Waals surface area contributed by atoms with Gasteiger partial charge in [-0.15, -0.1) is 0 Å². The third kappa shape index (κ3) is 13.6. The molecule has 0 aliphatic carbocycles. The second kappa shape index (κ2) is 33.4. The number of benzene rings is 23. The van der Waals surface area contributed by atoms with E-state index in [-0.39, 0.29) is 0 Å². The van der Waals surface area contributed by atoms with Gasteiger partial charge < -0.3 is 19.6 Å². The highest BCUT2D eigenvalue weighted by molar-refractivity contribution is 6.26. The number of hydrogen-bond donors (Lipinski definition) is 0. The zero-order valence-electron chi connectivity index (χ0n) is 73.4. The van der Waals surface area contributed by atoms with Crippen LogP contribution in [0, 0.1) is 0 Å². The minimum Gasteiger partial charge on any atom is -0.310 e. The summed E-state index contributed by atoms with van der Waals surface area (Å²) in [5.74, 6) is 0. The number of anilines is 12. The molecule has 0 atom stereocenters. The minimum absolute atomic E-state index is 0.944. The van der Waals surface area contributed by atoms with Gasteiger partial charge in [-0.1, -0.05) is 437 Å². The van der Waals surface area contributed by atoms with Gasteiger partial charge >= 0.3 is 0 Å². The smallest absolute Gasteiger partial charge is 0.0949 e. The van der Waals surface area contributed by atoms with E-state index in [0.717, 1.165) is 201 Å². The van der Waals surface area contributed by atoms with Crippen LogP contribution in [0.1, 0.15) is 0 Å². The maximum Gasteiger partial charge on any atom is 0.0949 e. The van der Waals surface area contributed by atoms with E-state index in [4.69, 9.17) is 0 Å². The van der Waals surface area contributed by atoms with E-state index >= 15 is 0 Å². The van der Waals surface area contributed by atoms with Gasteiger partial charge in [-0.3, -0.25) is 0 Å². The molecule has 2 aliphatic rings. The Kier molecular flexibility index (Phi) is 19.6. The summed E-state index contributed by atoms with van der Waals surface area (Å²) < 4.78 is 0. The lowest BCUT2D eigenvalue weighted by molar-refractivity contribution is 1.11. The summed E-state index contributed by atoms with van der Waals surface area (Å²) in [4.78, 5) is 10.5. The lowest BCUT2D eigenvalue weighted by Gasteiger charge is -2.49. The molecule has 134 heavy (non-hydrogen) atoms. The zero-order valence-corrected chi connectivity index (χ0v) is 73.4. The summed E-state index contributed by atoms with van der Waals surface area (Å²) in [7, 11) is 0. The molecule has 0 N–H and O–H groups in total. The Labute approximate surface area is 780 Å². The minimum atomic E-state index is 0.944. The van der Waals surface area contributed by atoms with Crippen molar-refractivity contribution in [2.75, 3.05) is 19.6 Å². The SMILES string of the molecule is c1ccc(-c2cccc(-c3cccc(-c4cccc(-c5ccccc5)c4)c3N3c4cc(-c5c6ccccc6c(-c6ccccc6)c6ccccc56)ccc4N4c5ccc(-c6c7ccccc7c(-c7ccccc7)c7ccccc67)cc5N(c5c(-c6cccc(-c7ccccc7)c6)cccc5-c5cccc(-c6ccccc6)c5)c5cc(N(c6ccccc6)c6ccccc6)cc3c54)c2)cc1. The highest BCUT2D eigenvalue weighted by Crippen LogP contribution is 2.69. The Balaban J connectivity index is 0.870. The number of para-hydroxylation sites is 4. The fraction of sp³-hybridized carbons (Fsp3) is 0. The topological polar surface area (TPSA) is 13.0 Å². The normalized spacial score (nSPS) is 12.0. The molecule has 0 radical (unpaired) electrons. The van der Waals surface area contributed by atoms with Crippen molar-refractivity contribution < 1.29 is 0 Å². The fourth-order valence-electron chi connectivity index (χ4n) is 21.3. The first-order valence-corrected chi connectivity index (χ1v) is 46.2. The van der Waals surface area contributed by atoms with Crippen LogP contribution in [0.15, 0.2) is 522 Å². The molecular weight excluding hydrogens is 1620 g/mol. The van der Waals surface area contributed by atoms with Gasteiger partial charge in [0.25, 0.3) is 0 Å². The number of rotatable bonds is 17. The Morgan fingerprint density at radius 3 is 0.612 bits per heavy atom. The number of hydrogen-bond acceptors (Lipinski definition) is 4. The predicted octanol–water partition coefficient (Wildman–Crippen LogP) is 36.8. The van der Waals surface area contributed by atoms with E-state index in [2.05, 4.69) is 541 Å². The third-order valence-corrected chi connectivity index (χ3v) is 27.2. The van der Waals surface area contributed by atoms with Crippen LogP contribution in [0.2, 0.25) is 0 Å². The largest absolute Gasteiger partial charge is 0.310 e. The maximum atomic E-state index is 2.70. The van der Waals surface area contributed by atoms with Crippen molar-refractivity contribution in [3.8, 4) is 134 Å². The molecule has 0 fully saturated rings.